The molecule has 0 spiro atoms. The Morgan fingerprint density at radius 1 is 1.07 bits per heavy atom. The third-order valence-electron chi connectivity index (χ3n) is 6.00. The van der Waals surface area contributed by atoms with Crippen LogP contribution in [0.4, 0.5) is 17.6 Å². The van der Waals surface area contributed by atoms with Gasteiger partial charge in [-0.25, -0.2) is 4.39 Å². The first-order chi connectivity index (χ1) is 13.8. The highest BCUT2D eigenvalue weighted by atomic mass is 19.4. The third kappa shape index (κ3) is 6.17. The van der Waals surface area contributed by atoms with Gasteiger partial charge < -0.3 is 9.64 Å². The van der Waals surface area contributed by atoms with E-state index in [1.54, 1.807) is 17.0 Å². The first-order valence-corrected chi connectivity index (χ1v) is 10.6. The molecule has 1 amide bonds. The molecule has 2 aliphatic rings. The van der Waals surface area contributed by atoms with E-state index in [1.807, 2.05) is 0 Å². The number of ether oxygens (including phenoxy) is 1. The number of halogens is 4. The largest absolute Gasteiger partial charge is 0.389 e. The number of hydrogen-bond donors (Lipinski definition) is 0. The molecule has 0 radical (unpaired) electrons. The minimum Gasteiger partial charge on any atom is -0.375 e. The molecule has 1 aliphatic carbocycles. The summed E-state index contributed by atoms with van der Waals surface area (Å²) in [5, 5.41) is 0. The Labute approximate surface area is 169 Å². The van der Waals surface area contributed by atoms with Crippen LogP contribution in [0.15, 0.2) is 24.3 Å². The smallest absolute Gasteiger partial charge is 0.375 e. The second kappa shape index (κ2) is 9.92. The predicted molar refractivity (Wildman–Crippen MR) is 102 cm³/mol. The molecule has 0 unspecified atom stereocenters. The molecule has 3 rings (SSSR count). The van der Waals surface area contributed by atoms with Crippen LogP contribution in [-0.4, -0.2) is 36.2 Å². The highest BCUT2D eigenvalue weighted by Crippen LogP contribution is 2.39. The molecule has 1 saturated carbocycles. The molecule has 162 valence electrons. The summed E-state index contributed by atoms with van der Waals surface area (Å²) in [6.07, 6.45) is 0.764. The van der Waals surface area contributed by atoms with Crippen molar-refractivity contribution in [2.45, 2.75) is 76.1 Å². The van der Waals surface area contributed by atoms with Gasteiger partial charge in [-0.1, -0.05) is 31.4 Å². The second-order valence-electron chi connectivity index (χ2n) is 8.14. The Bertz CT molecular complexity index is 656. The fourth-order valence-corrected chi connectivity index (χ4v) is 4.61. The molecule has 1 aromatic carbocycles. The molecular formula is C22H29F4NO2. The van der Waals surface area contributed by atoms with E-state index >= 15 is 0 Å². The number of nitrogens with zero attached hydrogens (tertiary/aromatic N) is 1. The molecule has 29 heavy (non-hydrogen) atoms. The summed E-state index contributed by atoms with van der Waals surface area (Å²) >= 11 is 0. The lowest BCUT2D eigenvalue weighted by Crippen LogP contribution is -2.43. The second-order valence-corrected chi connectivity index (χ2v) is 8.14. The van der Waals surface area contributed by atoms with Crippen LogP contribution in [-0.2, 0) is 9.53 Å². The number of amides is 1. The average Bonchev–Trinajstić information content (AvgIpc) is 3.11. The van der Waals surface area contributed by atoms with Crippen molar-refractivity contribution < 1.29 is 27.1 Å². The van der Waals surface area contributed by atoms with Crippen molar-refractivity contribution >= 4 is 5.91 Å². The van der Waals surface area contributed by atoms with Gasteiger partial charge in [-0.05, 0) is 49.3 Å². The first-order valence-electron chi connectivity index (χ1n) is 10.6. The summed E-state index contributed by atoms with van der Waals surface area (Å²) in [5.41, 5.74) is 0.785. The van der Waals surface area contributed by atoms with Crippen molar-refractivity contribution in [1.82, 2.24) is 4.90 Å². The molecule has 0 bridgehead atoms. The fraction of sp³-hybridized carbons (Fsp3) is 0.682. The number of rotatable bonds is 8. The standard InChI is InChI=1S/C22H29F4NO2/c23-18-11-9-16(10-12-18)20(27-14-4-8-19(27)28)21(17-6-2-1-3-7-17)29-15-5-13-22(24,25)26/h9-12,17,20-21H,1-8,13-15H2/t20-,21+/m0/s1. The van der Waals surface area contributed by atoms with Crippen molar-refractivity contribution in [2.75, 3.05) is 13.2 Å². The summed E-state index contributed by atoms with van der Waals surface area (Å²) in [7, 11) is 0. The summed E-state index contributed by atoms with van der Waals surface area (Å²) in [5.74, 6) is -0.155. The molecular weight excluding hydrogens is 386 g/mol. The summed E-state index contributed by atoms with van der Waals surface area (Å²) in [4.78, 5) is 14.3. The van der Waals surface area contributed by atoms with E-state index in [2.05, 4.69) is 0 Å². The van der Waals surface area contributed by atoms with E-state index in [0.717, 1.165) is 44.1 Å². The minimum atomic E-state index is -4.20. The van der Waals surface area contributed by atoms with Gasteiger partial charge in [-0.15, -0.1) is 0 Å². The maximum absolute atomic E-state index is 13.5. The maximum Gasteiger partial charge on any atom is 0.389 e. The number of benzene rings is 1. The highest BCUT2D eigenvalue weighted by molar-refractivity contribution is 5.78. The molecule has 1 aromatic rings. The monoisotopic (exact) mass is 415 g/mol. The quantitative estimate of drug-likeness (QED) is 0.397. The summed E-state index contributed by atoms with van der Waals surface area (Å²) < 4.78 is 57.2. The minimum absolute atomic E-state index is 0.000399. The van der Waals surface area contributed by atoms with Gasteiger partial charge in [0.1, 0.15) is 5.82 Å². The number of carbonyl (C=O) groups is 1. The normalized spacial score (nSPS) is 20.8. The van der Waals surface area contributed by atoms with Crippen LogP contribution in [0.3, 0.4) is 0 Å². The topological polar surface area (TPSA) is 29.5 Å². The van der Waals surface area contributed by atoms with Crippen molar-refractivity contribution in [3.8, 4) is 0 Å². The van der Waals surface area contributed by atoms with Crippen LogP contribution in [0.5, 0.6) is 0 Å². The van der Waals surface area contributed by atoms with E-state index in [-0.39, 0.29) is 42.8 Å². The lowest BCUT2D eigenvalue weighted by molar-refractivity contribution is -0.143. The Morgan fingerprint density at radius 2 is 1.76 bits per heavy atom. The molecule has 2 fully saturated rings. The van der Waals surface area contributed by atoms with Gasteiger partial charge in [0.25, 0.3) is 0 Å². The van der Waals surface area contributed by atoms with Crippen molar-refractivity contribution in [1.29, 1.82) is 0 Å². The van der Waals surface area contributed by atoms with E-state index < -0.39 is 12.6 Å². The molecule has 3 nitrogen and oxygen atoms in total. The average molecular weight is 415 g/mol. The van der Waals surface area contributed by atoms with Gasteiger partial charge in [-0.2, -0.15) is 13.2 Å². The van der Waals surface area contributed by atoms with E-state index in [0.29, 0.717) is 13.0 Å². The molecule has 1 saturated heterocycles. The van der Waals surface area contributed by atoms with Crippen LogP contribution in [0.2, 0.25) is 0 Å². The van der Waals surface area contributed by atoms with Crippen molar-refractivity contribution in [2.24, 2.45) is 5.92 Å². The number of carbonyl (C=O) groups excluding carboxylic acids is 1. The molecule has 2 atom stereocenters. The SMILES string of the molecule is O=C1CCCN1[C@@H](c1ccc(F)cc1)[C@H](OCCCC(F)(F)F)C1CCCCC1. The van der Waals surface area contributed by atoms with Crippen molar-refractivity contribution in [3.05, 3.63) is 35.6 Å². The molecule has 7 heteroatoms. The first kappa shape index (κ1) is 22.1. The van der Waals surface area contributed by atoms with Gasteiger partial charge in [0.15, 0.2) is 0 Å². The number of hydrogen-bond acceptors (Lipinski definition) is 2. The lowest BCUT2D eigenvalue weighted by atomic mass is 9.80. The van der Waals surface area contributed by atoms with Crippen LogP contribution in [0.25, 0.3) is 0 Å². The molecule has 1 aliphatic heterocycles. The predicted octanol–water partition coefficient (Wildman–Crippen LogP) is 5.80. The van der Waals surface area contributed by atoms with Gasteiger partial charge in [-0.3, -0.25) is 4.79 Å². The Kier molecular flexibility index (Phi) is 7.55. The van der Waals surface area contributed by atoms with Crippen LogP contribution in [0.1, 0.15) is 69.4 Å². The third-order valence-corrected chi connectivity index (χ3v) is 6.00. The zero-order valence-corrected chi connectivity index (χ0v) is 16.6. The van der Waals surface area contributed by atoms with Gasteiger partial charge in [0.05, 0.1) is 12.1 Å². The maximum atomic E-state index is 13.5. The van der Waals surface area contributed by atoms with Crippen LogP contribution < -0.4 is 0 Å². The zero-order chi connectivity index (χ0) is 20.9. The Hall–Kier alpha value is -1.63. The molecule has 0 N–H and O–H groups in total. The van der Waals surface area contributed by atoms with Gasteiger partial charge in [0, 0.05) is 26.0 Å². The van der Waals surface area contributed by atoms with Crippen LogP contribution in [0, 0.1) is 11.7 Å². The van der Waals surface area contributed by atoms with Crippen LogP contribution >= 0.6 is 0 Å². The fourth-order valence-electron chi connectivity index (χ4n) is 4.61. The van der Waals surface area contributed by atoms with E-state index in [9.17, 15) is 22.4 Å². The highest BCUT2D eigenvalue weighted by Gasteiger charge is 2.39. The zero-order valence-electron chi connectivity index (χ0n) is 16.6. The molecule has 1 heterocycles. The van der Waals surface area contributed by atoms with Gasteiger partial charge in [0.2, 0.25) is 5.91 Å². The molecule has 0 aromatic heterocycles. The lowest BCUT2D eigenvalue weighted by Gasteiger charge is -2.40. The summed E-state index contributed by atoms with van der Waals surface area (Å²) in [6, 6.07) is 5.68. The number of alkyl halides is 3. The van der Waals surface area contributed by atoms with Gasteiger partial charge >= 0.3 is 6.18 Å². The van der Waals surface area contributed by atoms with E-state index in [1.165, 1.54) is 12.1 Å². The van der Waals surface area contributed by atoms with E-state index in [4.69, 9.17) is 4.74 Å². The Balaban J connectivity index is 1.84. The summed E-state index contributed by atoms with van der Waals surface area (Å²) in [6.45, 7) is 0.594. The van der Waals surface area contributed by atoms with Crippen molar-refractivity contribution in [3.63, 3.8) is 0 Å². The Morgan fingerprint density at radius 3 is 2.34 bits per heavy atom. The number of likely N-dealkylation sites (tertiary alicyclic amines) is 1.